The maximum atomic E-state index is 12.4. The van der Waals surface area contributed by atoms with Gasteiger partial charge in [-0.3, -0.25) is 4.79 Å². The van der Waals surface area contributed by atoms with Crippen LogP contribution in [0.25, 0.3) is 0 Å². The van der Waals surface area contributed by atoms with E-state index in [0.717, 1.165) is 10.0 Å². The van der Waals surface area contributed by atoms with Gasteiger partial charge in [-0.05, 0) is 64.8 Å². The number of carbonyl (C=O) groups excluding carboxylic acids is 1. The SMILES string of the molecule is Cc1cc(Br)ccc1OC(Br)C(=O)c1ccc(Cl)cc1Cl. The maximum absolute atomic E-state index is 12.4. The Morgan fingerprint density at radius 2 is 1.90 bits per heavy atom. The Labute approximate surface area is 149 Å². The Kier molecular flexibility index (Phi) is 5.72. The predicted molar refractivity (Wildman–Crippen MR) is 93.0 cm³/mol. The fraction of sp³-hybridized carbons (Fsp3) is 0.133. The van der Waals surface area contributed by atoms with Gasteiger partial charge in [0.1, 0.15) is 5.75 Å². The Hall–Kier alpha value is -0.550. The first-order valence-electron chi connectivity index (χ1n) is 5.94. The summed E-state index contributed by atoms with van der Waals surface area (Å²) in [7, 11) is 0. The van der Waals surface area contributed by atoms with E-state index < -0.39 is 5.01 Å². The molecule has 110 valence electrons. The van der Waals surface area contributed by atoms with Crippen LogP contribution in [0.4, 0.5) is 0 Å². The van der Waals surface area contributed by atoms with Gasteiger partial charge in [0.25, 0.3) is 0 Å². The van der Waals surface area contributed by atoms with Gasteiger partial charge in [0.05, 0.1) is 5.02 Å². The Morgan fingerprint density at radius 1 is 1.19 bits per heavy atom. The molecule has 1 unspecified atom stereocenters. The largest absolute Gasteiger partial charge is 0.471 e. The summed E-state index contributed by atoms with van der Waals surface area (Å²) in [5.74, 6) is 0.359. The molecule has 0 saturated heterocycles. The fourth-order valence-electron chi connectivity index (χ4n) is 1.72. The zero-order valence-electron chi connectivity index (χ0n) is 10.9. The van der Waals surface area contributed by atoms with E-state index in [9.17, 15) is 4.79 Å². The summed E-state index contributed by atoms with van der Waals surface area (Å²) in [5.41, 5.74) is 1.28. The van der Waals surface area contributed by atoms with Crippen LogP contribution in [0, 0.1) is 6.92 Å². The number of benzene rings is 2. The van der Waals surface area contributed by atoms with E-state index in [1.807, 2.05) is 19.1 Å². The summed E-state index contributed by atoms with van der Waals surface area (Å²) >= 11 is 18.5. The molecule has 0 saturated carbocycles. The standard InChI is InChI=1S/C15H10Br2Cl2O2/c1-8-6-9(16)2-5-13(8)21-15(17)14(20)11-4-3-10(18)7-12(11)19/h2-7,15H,1H3. The van der Waals surface area contributed by atoms with Crippen molar-refractivity contribution >= 4 is 60.8 Å². The summed E-state index contributed by atoms with van der Waals surface area (Å²) < 4.78 is 6.61. The summed E-state index contributed by atoms with van der Waals surface area (Å²) in [6.45, 7) is 1.90. The van der Waals surface area contributed by atoms with Crippen molar-refractivity contribution in [3.8, 4) is 5.75 Å². The molecular weight excluding hydrogens is 443 g/mol. The molecule has 0 radical (unpaired) electrons. The molecule has 2 aromatic carbocycles. The van der Waals surface area contributed by atoms with Gasteiger partial charge in [-0.25, -0.2) is 0 Å². The van der Waals surface area contributed by atoms with Crippen molar-refractivity contribution < 1.29 is 9.53 Å². The average Bonchev–Trinajstić information content (AvgIpc) is 2.41. The summed E-state index contributed by atoms with van der Waals surface area (Å²) in [5, 5.41) is -0.0449. The van der Waals surface area contributed by atoms with Crippen LogP contribution in [0.15, 0.2) is 40.9 Å². The number of ketones is 1. The van der Waals surface area contributed by atoms with E-state index >= 15 is 0 Å². The monoisotopic (exact) mass is 450 g/mol. The van der Waals surface area contributed by atoms with Crippen LogP contribution in [-0.4, -0.2) is 10.8 Å². The number of rotatable bonds is 4. The van der Waals surface area contributed by atoms with E-state index in [0.29, 0.717) is 21.4 Å². The normalized spacial score (nSPS) is 12.0. The van der Waals surface area contributed by atoms with Crippen LogP contribution in [0.2, 0.25) is 10.0 Å². The molecular formula is C15H10Br2Cl2O2. The highest BCUT2D eigenvalue weighted by Crippen LogP contribution is 2.27. The lowest BCUT2D eigenvalue weighted by atomic mass is 10.1. The zero-order chi connectivity index (χ0) is 15.6. The minimum absolute atomic E-state index is 0.265. The first-order valence-corrected chi connectivity index (χ1v) is 8.41. The van der Waals surface area contributed by atoms with E-state index in [1.165, 1.54) is 6.07 Å². The first-order chi connectivity index (χ1) is 9.88. The van der Waals surface area contributed by atoms with Crippen molar-refractivity contribution in [2.45, 2.75) is 11.9 Å². The molecule has 0 aliphatic heterocycles. The lowest BCUT2D eigenvalue weighted by Gasteiger charge is -2.15. The van der Waals surface area contributed by atoms with E-state index in [1.54, 1.807) is 18.2 Å². The minimum atomic E-state index is -0.823. The number of hydrogen-bond donors (Lipinski definition) is 0. The third kappa shape index (κ3) is 4.22. The molecule has 0 aromatic heterocycles. The molecule has 2 nitrogen and oxygen atoms in total. The van der Waals surface area contributed by atoms with Gasteiger partial charge in [-0.1, -0.05) is 39.1 Å². The van der Waals surface area contributed by atoms with Crippen LogP contribution in [0.1, 0.15) is 15.9 Å². The molecule has 0 aliphatic rings. The molecule has 1 atom stereocenters. The van der Waals surface area contributed by atoms with Crippen molar-refractivity contribution in [3.63, 3.8) is 0 Å². The van der Waals surface area contributed by atoms with Gasteiger partial charge in [-0.15, -0.1) is 0 Å². The highest BCUT2D eigenvalue weighted by molar-refractivity contribution is 9.10. The van der Waals surface area contributed by atoms with Crippen molar-refractivity contribution in [1.29, 1.82) is 0 Å². The van der Waals surface area contributed by atoms with Gasteiger partial charge in [-0.2, -0.15) is 0 Å². The van der Waals surface area contributed by atoms with Gasteiger partial charge in [0, 0.05) is 15.1 Å². The molecule has 21 heavy (non-hydrogen) atoms. The Bertz CT molecular complexity index is 689. The molecule has 0 aliphatic carbocycles. The third-order valence-electron chi connectivity index (χ3n) is 2.77. The van der Waals surface area contributed by atoms with Crippen LogP contribution in [0.5, 0.6) is 5.75 Å². The summed E-state index contributed by atoms with van der Waals surface area (Å²) in [6, 6.07) is 10.3. The lowest BCUT2D eigenvalue weighted by Crippen LogP contribution is -2.21. The molecule has 2 aromatic rings. The molecule has 0 amide bonds. The smallest absolute Gasteiger partial charge is 0.215 e. The first kappa shape index (κ1) is 16.8. The highest BCUT2D eigenvalue weighted by atomic mass is 79.9. The third-order valence-corrected chi connectivity index (χ3v) is 4.41. The molecule has 0 N–H and O–H groups in total. The number of hydrogen-bond acceptors (Lipinski definition) is 2. The second kappa shape index (κ2) is 7.14. The highest BCUT2D eigenvalue weighted by Gasteiger charge is 2.22. The molecule has 6 heteroatoms. The topological polar surface area (TPSA) is 26.3 Å². The van der Waals surface area contributed by atoms with E-state index in [-0.39, 0.29) is 5.78 Å². The van der Waals surface area contributed by atoms with Crippen LogP contribution >= 0.6 is 55.1 Å². The van der Waals surface area contributed by atoms with Gasteiger partial charge < -0.3 is 4.74 Å². The second-order valence-electron chi connectivity index (χ2n) is 4.33. The average molecular weight is 453 g/mol. The Morgan fingerprint density at radius 3 is 2.52 bits per heavy atom. The number of Topliss-reactive ketones (excluding diaryl/α,β-unsaturated/α-hetero) is 1. The quantitative estimate of drug-likeness (QED) is 0.417. The molecule has 0 heterocycles. The number of aryl methyl sites for hydroxylation is 1. The lowest BCUT2D eigenvalue weighted by molar-refractivity contribution is 0.0897. The van der Waals surface area contributed by atoms with Crippen LogP contribution in [-0.2, 0) is 0 Å². The zero-order valence-corrected chi connectivity index (χ0v) is 15.6. The molecule has 2 rings (SSSR count). The number of alkyl halides is 1. The van der Waals surface area contributed by atoms with Crippen LogP contribution in [0.3, 0.4) is 0 Å². The minimum Gasteiger partial charge on any atom is -0.471 e. The van der Waals surface area contributed by atoms with E-state index in [4.69, 9.17) is 27.9 Å². The fourth-order valence-corrected chi connectivity index (χ4v) is 3.15. The molecule has 0 spiro atoms. The van der Waals surface area contributed by atoms with Crippen molar-refractivity contribution in [1.82, 2.24) is 0 Å². The van der Waals surface area contributed by atoms with Crippen molar-refractivity contribution in [2.24, 2.45) is 0 Å². The Balaban J connectivity index is 2.19. The van der Waals surface area contributed by atoms with E-state index in [2.05, 4.69) is 31.9 Å². The molecule has 0 bridgehead atoms. The second-order valence-corrected chi connectivity index (χ2v) is 6.92. The van der Waals surface area contributed by atoms with Gasteiger partial charge >= 0.3 is 0 Å². The van der Waals surface area contributed by atoms with Gasteiger partial charge in [0.15, 0.2) is 0 Å². The van der Waals surface area contributed by atoms with Gasteiger partial charge in [0.2, 0.25) is 10.8 Å². The number of ether oxygens (including phenoxy) is 1. The van der Waals surface area contributed by atoms with Crippen molar-refractivity contribution in [3.05, 3.63) is 62.0 Å². The van der Waals surface area contributed by atoms with Crippen molar-refractivity contribution in [2.75, 3.05) is 0 Å². The maximum Gasteiger partial charge on any atom is 0.215 e. The molecule has 0 fully saturated rings. The summed E-state index contributed by atoms with van der Waals surface area (Å²) in [6.07, 6.45) is 0. The number of carbonyl (C=O) groups is 1. The van der Waals surface area contributed by atoms with Crippen LogP contribution < -0.4 is 4.74 Å². The number of halogens is 4. The summed E-state index contributed by atoms with van der Waals surface area (Å²) in [4.78, 5) is 12.4. The predicted octanol–water partition coefficient (Wildman–Crippen LogP) is 6.05.